The molecule has 0 spiro atoms. The average molecular weight is 314 g/mol. The lowest BCUT2D eigenvalue weighted by molar-refractivity contribution is 0.229. The minimum Gasteiger partial charge on any atom is -0.340 e. The monoisotopic (exact) mass is 314 g/mol. The number of aryl methyl sites for hydroxylation is 1. The molecule has 1 saturated heterocycles. The molecule has 1 fully saturated rings. The summed E-state index contributed by atoms with van der Waals surface area (Å²) in [7, 11) is 0. The second-order valence-corrected chi connectivity index (χ2v) is 5.80. The quantitative estimate of drug-likeness (QED) is 0.715. The largest absolute Gasteiger partial charge is 0.350 e. The molecular weight excluding hydrogens is 296 g/mol. The third kappa shape index (κ3) is 2.55. The molecule has 0 aromatic carbocycles. The summed E-state index contributed by atoms with van der Waals surface area (Å²) in [4.78, 5) is 18.9. The van der Waals surface area contributed by atoms with Crippen LogP contribution in [0.5, 0.6) is 0 Å². The molecule has 1 aliphatic rings. The fraction of sp³-hybridized carbons (Fsp3) is 0.467. The standard InChI is InChI=1S/C15H18N6O2/c1-11-16-14(18-23-11)12-5-4-7-19(12)9-10-21-15(22)20-8-3-2-6-13(20)17-21/h2-3,6,8,12H,4-5,7,9-10H2,1H3. The first kappa shape index (κ1) is 14.1. The molecule has 3 aromatic heterocycles. The fourth-order valence-corrected chi connectivity index (χ4v) is 3.17. The van der Waals surface area contributed by atoms with Crippen molar-refractivity contribution >= 4 is 5.65 Å². The number of pyridine rings is 1. The number of hydrogen-bond acceptors (Lipinski definition) is 6. The SMILES string of the molecule is Cc1nc(C2CCCN2CCn2nc3ccccn3c2=O)no1. The minimum atomic E-state index is -0.105. The molecule has 0 aliphatic carbocycles. The highest BCUT2D eigenvalue weighted by Crippen LogP contribution is 2.29. The van der Waals surface area contributed by atoms with Gasteiger partial charge in [0.15, 0.2) is 11.5 Å². The molecule has 0 bridgehead atoms. The molecule has 0 amide bonds. The summed E-state index contributed by atoms with van der Waals surface area (Å²) in [6.07, 6.45) is 3.85. The zero-order valence-electron chi connectivity index (χ0n) is 12.9. The molecule has 23 heavy (non-hydrogen) atoms. The van der Waals surface area contributed by atoms with Crippen molar-refractivity contribution in [2.24, 2.45) is 0 Å². The maximum atomic E-state index is 12.3. The van der Waals surface area contributed by atoms with Crippen molar-refractivity contribution in [2.75, 3.05) is 13.1 Å². The second kappa shape index (κ2) is 5.62. The number of likely N-dealkylation sites (tertiary alicyclic amines) is 1. The van der Waals surface area contributed by atoms with Crippen LogP contribution in [0.2, 0.25) is 0 Å². The number of nitrogens with zero attached hydrogens (tertiary/aromatic N) is 6. The van der Waals surface area contributed by atoms with Crippen molar-refractivity contribution < 1.29 is 4.52 Å². The topological polar surface area (TPSA) is 81.5 Å². The molecule has 3 aromatic rings. The van der Waals surface area contributed by atoms with E-state index in [1.165, 1.54) is 4.68 Å². The number of fused-ring (bicyclic) bond motifs is 1. The molecule has 0 saturated carbocycles. The van der Waals surface area contributed by atoms with E-state index in [2.05, 4.69) is 20.1 Å². The number of rotatable bonds is 4. The van der Waals surface area contributed by atoms with Crippen molar-refractivity contribution in [2.45, 2.75) is 32.4 Å². The Labute approximate surface area is 132 Å². The maximum absolute atomic E-state index is 12.3. The van der Waals surface area contributed by atoms with Gasteiger partial charge in [-0.05, 0) is 31.5 Å². The Morgan fingerprint density at radius 3 is 3.04 bits per heavy atom. The zero-order valence-corrected chi connectivity index (χ0v) is 12.9. The van der Waals surface area contributed by atoms with E-state index in [-0.39, 0.29) is 11.7 Å². The summed E-state index contributed by atoms with van der Waals surface area (Å²) in [6.45, 7) is 4.06. The van der Waals surface area contributed by atoms with E-state index < -0.39 is 0 Å². The van der Waals surface area contributed by atoms with Crippen LogP contribution in [0.1, 0.15) is 30.6 Å². The van der Waals surface area contributed by atoms with Crippen LogP contribution >= 0.6 is 0 Å². The summed E-state index contributed by atoms with van der Waals surface area (Å²) >= 11 is 0. The summed E-state index contributed by atoms with van der Waals surface area (Å²) in [5, 5.41) is 8.41. The van der Waals surface area contributed by atoms with Gasteiger partial charge in [-0.25, -0.2) is 9.48 Å². The lowest BCUT2D eigenvalue weighted by Crippen LogP contribution is -2.31. The Balaban J connectivity index is 1.51. The van der Waals surface area contributed by atoms with E-state index in [1.807, 2.05) is 18.2 Å². The van der Waals surface area contributed by atoms with Gasteiger partial charge in [0.2, 0.25) is 5.89 Å². The van der Waals surface area contributed by atoms with Crippen LogP contribution in [0.25, 0.3) is 5.65 Å². The van der Waals surface area contributed by atoms with Gasteiger partial charge in [0.05, 0.1) is 12.6 Å². The lowest BCUT2D eigenvalue weighted by atomic mass is 10.2. The normalized spacial score (nSPS) is 18.9. The third-order valence-electron chi connectivity index (χ3n) is 4.29. The molecule has 1 aliphatic heterocycles. The van der Waals surface area contributed by atoms with E-state index in [4.69, 9.17) is 4.52 Å². The van der Waals surface area contributed by atoms with E-state index in [1.54, 1.807) is 17.5 Å². The minimum absolute atomic E-state index is 0.105. The van der Waals surface area contributed by atoms with Gasteiger partial charge in [-0.3, -0.25) is 9.30 Å². The highest BCUT2D eigenvalue weighted by atomic mass is 16.5. The number of hydrogen-bond donors (Lipinski definition) is 0. The van der Waals surface area contributed by atoms with Crippen LogP contribution in [0.4, 0.5) is 0 Å². The Morgan fingerprint density at radius 2 is 2.26 bits per heavy atom. The van der Waals surface area contributed by atoms with E-state index in [9.17, 15) is 4.79 Å². The highest BCUT2D eigenvalue weighted by Gasteiger charge is 2.29. The molecule has 4 heterocycles. The Bertz CT molecular complexity index is 879. The lowest BCUT2D eigenvalue weighted by Gasteiger charge is -2.21. The van der Waals surface area contributed by atoms with Gasteiger partial charge in [-0.15, -0.1) is 5.10 Å². The molecule has 120 valence electrons. The Morgan fingerprint density at radius 1 is 1.35 bits per heavy atom. The van der Waals surface area contributed by atoms with Gasteiger partial charge >= 0.3 is 5.69 Å². The summed E-state index contributed by atoms with van der Waals surface area (Å²) in [6, 6.07) is 5.70. The molecular formula is C15H18N6O2. The summed E-state index contributed by atoms with van der Waals surface area (Å²) in [5.74, 6) is 1.32. The van der Waals surface area contributed by atoms with Crippen LogP contribution in [-0.2, 0) is 6.54 Å². The van der Waals surface area contributed by atoms with Gasteiger partial charge in [-0.2, -0.15) is 4.98 Å². The molecule has 1 unspecified atom stereocenters. The van der Waals surface area contributed by atoms with Crippen molar-refractivity contribution in [3.8, 4) is 0 Å². The van der Waals surface area contributed by atoms with Crippen LogP contribution in [-0.4, -0.2) is 42.3 Å². The van der Waals surface area contributed by atoms with Gasteiger partial charge in [-0.1, -0.05) is 11.2 Å². The predicted molar refractivity (Wildman–Crippen MR) is 82.0 cm³/mol. The average Bonchev–Trinajstić information content (AvgIpc) is 3.25. The molecule has 0 N–H and O–H groups in total. The van der Waals surface area contributed by atoms with Gasteiger partial charge in [0.1, 0.15) is 0 Å². The van der Waals surface area contributed by atoms with Gasteiger partial charge in [0.25, 0.3) is 0 Å². The molecule has 8 nitrogen and oxygen atoms in total. The second-order valence-electron chi connectivity index (χ2n) is 5.80. The fourth-order valence-electron chi connectivity index (χ4n) is 3.17. The number of aromatic nitrogens is 5. The van der Waals surface area contributed by atoms with Gasteiger partial charge < -0.3 is 4.52 Å². The first-order chi connectivity index (χ1) is 11.2. The summed E-state index contributed by atoms with van der Waals surface area (Å²) in [5.41, 5.74) is 0.566. The Hall–Kier alpha value is -2.48. The predicted octanol–water partition coefficient (Wildman–Crippen LogP) is 1.02. The molecule has 0 radical (unpaired) electrons. The third-order valence-corrected chi connectivity index (χ3v) is 4.29. The Kier molecular flexibility index (Phi) is 3.45. The molecule has 1 atom stereocenters. The van der Waals surface area contributed by atoms with Crippen LogP contribution in [0.3, 0.4) is 0 Å². The first-order valence-electron chi connectivity index (χ1n) is 7.81. The van der Waals surface area contributed by atoms with Gasteiger partial charge in [0, 0.05) is 19.7 Å². The van der Waals surface area contributed by atoms with Crippen LogP contribution < -0.4 is 5.69 Å². The summed E-state index contributed by atoms with van der Waals surface area (Å²) < 4.78 is 8.17. The maximum Gasteiger partial charge on any atom is 0.350 e. The van der Waals surface area contributed by atoms with Crippen molar-refractivity contribution in [1.82, 2.24) is 29.2 Å². The van der Waals surface area contributed by atoms with E-state index in [0.717, 1.165) is 31.8 Å². The van der Waals surface area contributed by atoms with Crippen molar-refractivity contribution in [3.63, 3.8) is 0 Å². The molecule has 4 rings (SSSR count). The van der Waals surface area contributed by atoms with E-state index >= 15 is 0 Å². The van der Waals surface area contributed by atoms with Crippen molar-refractivity contribution in [1.29, 1.82) is 0 Å². The zero-order chi connectivity index (χ0) is 15.8. The first-order valence-corrected chi connectivity index (χ1v) is 7.81. The van der Waals surface area contributed by atoms with E-state index in [0.29, 0.717) is 18.1 Å². The smallest absolute Gasteiger partial charge is 0.340 e. The van der Waals surface area contributed by atoms with Crippen LogP contribution in [0.15, 0.2) is 33.7 Å². The van der Waals surface area contributed by atoms with Crippen molar-refractivity contribution in [3.05, 3.63) is 46.6 Å². The highest BCUT2D eigenvalue weighted by molar-refractivity contribution is 5.35. The molecule has 8 heteroatoms. The van der Waals surface area contributed by atoms with Crippen LogP contribution in [0, 0.1) is 6.92 Å².